The zero-order valence-corrected chi connectivity index (χ0v) is 12.7. The fraction of sp³-hybridized carbons (Fsp3) is 0.857. The monoisotopic (exact) mass is 271 g/mol. The Kier molecular flexibility index (Phi) is 10.2. The smallest absolute Gasteiger partial charge is 0.221 e. The maximum absolute atomic E-state index is 11.5. The first-order chi connectivity index (χ1) is 8.95. The molecule has 0 rings (SSSR count). The summed E-state index contributed by atoms with van der Waals surface area (Å²) in [4.78, 5) is 22.9. The number of carbonyl (C=O) groups excluding carboxylic acids is 2. The third-order valence-electron chi connectivity index (χ3n) is 2.83. The van der Waals surface area contributed by atoms with Crippen LogP contribution in [-0.4, -0.2) is 37.0 Å². The van der Waals surface area contributed by atoms with E-state index in [0.717, 1.165) is 19.4 Å². The van der Waals surface area contributed by atoms with Crippen LogP contribution in [0.2, 0.25) is 0 Å². The first kappa shape index (κ1) is 17.9. The van der Waals surface area contributed by atoms with Crippen LogP contribution in [0.25, 0.3) is 0 Å². The van der Waals surface area contributed by atoms with Gasteiger partial charge >= 0.3 is 0 Å². The highest BCUT2D eigenvalue weighted by atomic mass is 16.2. The lowest BCUT2D eigenvalue weighted by molar-refractivity contribution is -0.122. The molecule has 0 fully saturated rings. The molecule has 112 valence electrons. The molecular formula is C14H29N3O2. The van der Waals surface area contributed by atoms with Gasteiger partial charge in [-0.15, -0.1) is 0 Å². The summed E-state index contributed by atoms with van der Waals surface area (Å²) in [6, 6.07) is 0.651. The molecule has 5 heteroatoms. The van der Waals surface area contributed by atoms with E-state index in [-0.39, 0.29) is 17.9 Å². The van der Waals surface area contributed by atoms with Gasteiger partial charge in [0.1, 0.15) is 0 Å². The van der Waals surface area contributed by atoms with Crippen molar-refractivity contribution in [3.05, 3.63) is 0 Å². The molecule has 0 saturated carbocycles. The van der Waals surface area contributed by atoms with Crippen LogP contribution in [0.5, 0.6) is 0 Å². The Morgan fingerprint density at radius 2 is 1.68 bits per heavy atom. The van der Waals surface area contributed by atoms with Gasteiger partial charge in [-0.3, -0.25) is 9.59 Å². The molecule has 0 spiro atoms. The van der Waals surface area contributed by atoms with Crippen molar-refractivity contribution in [2.75, 3.05) is 13.1 Å². The van der Waals surface area contributed by atoms with Crippen LogP contribution < -0.4 is 16.0 Å². The molecule has 0 heterocycles. The second-order valence-corrected chi connectivity index (χ2v) is 5.19. The van der Waals surface area contributed by atoms with E-state index >= 15 is 0 Å². The molecule has 0 aliphatic carbocycles. The minimum Gasteiger partial charge on any atom is -0.356 e. The fourth-order valence-electron chi connectivity index (χ4n) is 1.49. The van der Waals surface area contributed by atoms with Crippen molar-refractivity contribution >= 4 is 11.8 Å². The fourth-order valence-corrected chi connectivity index (χ4v) is 1.49. The number of amides is 2. The van der Waals surface area contributed by atoms with Crippen LogP contribution in [0.15, 0.2) is 0 Å². The summed E-state index contributed by atoms with van der Waals surface area (Å²) < 4.78 is 0. The van der Waals surface area contributed by atoms with Crippen LogP contribution in [0, 0.1) is 0 Å². The molecule has 1 unspecified atom stereocenters. The van der Waals surface area contributed by atoms with E-state index in [1.165, 1.54) is 0 Å². The zero-order chi connectivity index (χ0) is 14.7. The van der Waals surface area contributed by atoms with Crippen molar-refractivity contribution in [3.63, 3.8) is 0 Å². The molecule has 0 bridgehead atoms. The minimum absolute atomic E-state index is 0.00359. The molecule has 19 heavy (non-hydrogen) atoms. The van der Waals surface area contributed by atoms with Gasteiger partial charge in [0.2, 0.25) is 11.8 Å². The Morgan fingerprint density at radius 1 is 1.00 bits per heavy atom. The van der Waals surface area contributed by atoms with Gasteiger partial charge in [0, 0.05) is 31.5 Å². The van der Waals surface area contributed by atoms with Gasteiger partial charge in [-0.05, 0) is 26.3 Å². The Morgan fingerprint density at radius 3 is 2.26 bits per heavy atom. The van der Waals surface area contributed by atoms with Crippen molar-refractivity contribution in [1.29, 1.82) is 0 Å². The predicted octanol–water partition coefficient (Wildman–Crippen LogP) is 1.19. The lowest BCUT2D eigenvalue weighted by atomic mass is 10.2. The molecular weight excluding hydrogens is 242 g/mol. The molecule has 0 aromatic carbocycles. The number of nitrogens with one attached hydrogen (secondary N) is 3. The molecule has 0 saturated heterocycles. The normalized spacial score (nSPS) is 12.3. The minimum atomic E-state index is -0.00359. The summed E-state index contributed by atoms with van der Waals surface area (Å²) >= 11 is 0. The van der Waals surface area contributed by atoms with Gasteiger partial charge in [-0.25, -0.2) is 0 Å². The summed E-state index contributed by atoms with van der Waals surface area (Å²) in [6.45, 7) is 9.42. The van der Waals surface area contributed by atoms with E-state index in [2.05, 4.69) is 29.8 Å². The highest BCUT2D eigenvalue weighted by Crippen LogP contribution is 1.91. The van der Waals surface area contributed by atoms with Crippen LogP contribution in [-0.2, 0) is 9.59 Å². The average molecular weight is 271 g/mol. The molecule has 2 amide bonds. The lowest BCUT2D eigenvalue weighted by Crippen LogP contribution is -2.35. The maximum Gasteiger partial charge on any atom is 0.221 e. The molecule has 0 radical (unpaired) electrons. The van der Waals surface area contributed by atoms with Gasteiger partial charge < -0.3 is 16.0 Å². The molecule has 0 aliphatic rings. The summed E-state index contributed by atoms with van der Waals surface area (Å²) in [6.07, 6.45) is 2.59. The molecule has 1 atom stereocenters. The Labute approximate surface area is 116 Å². The van der Waals surface area contributed by atoms with E-state index < -0.39 is 0 Å². The van der Waals surface area contributed by atoms with Crippen LogP contribution in [0.1, 0.15) is 53.4 Å². The summed E-state index contributed by atoms with van der Waals surface area (Å²) in [7, 11) is 0. The average Bonchev–Trinajstić information content (AvgIpc) is 2.34. The molecule has 0 aromatic rings. The molecule has 0 aliphatic heterocycles. The largest absolute Gasteiger partial charge is 0.356 e. The lowest BCUT2D eigenvalue weighted by Gasteiger charge is -2.11. The van der Waals surface area contributed by atoms with Crippen LogP contribution >= 0.6 is 0 Å². The number of rotatable bonds is 10. The van der Waals surface area contributed by atoms with E-state index in [4.69, 9.17) is 0 Å². The van der Waals surface area contributed by atoms with Gasteiger partial charge in [0.05, 0.1) is 0 Å². The molecule has 3 N–H and O–H groups in total. The number of carbonyl (C=O) groups is 2. The van der Waals surface area contributed by atoms with Gasteiger partial charge in [-0.1, -0.05) is 20.8 Å². The predicted molar refractivity (Wildman–Crippen MR) is 77.9 cm³/mol. The van der Waals surface area contributed by atoms with Crippen molar-refractivity contribution in [2.24, 2.45) is 0 Å². The zero-order valence-electron chi connectivity index (χ0n) is 12.7. The summed E-state index contributed by atoms with van der Waals surface area (Å²) in [5, 5.41) is 8.89. The van der Waals surface area contributed by atoms with Crippen LogP contribution in [0.3, 0.4) is 0 Å². The second kappa shape index (κ2) is 10.8. The van der Waals surface area contributed by atoms with Gasteiger partial charge in [0.25, 0.3) is 0 Å². The standard InChI is InChI=1S/C14H29N3O2/c1-5-12(4)17-14(19)8-10-16-13(18)7-6-9-15-11(2)3/h11-12,15H,5-10H2,1-4H3,(H,16,18)(H,17,19). The topological polar surface area (TPSA) is 70.2 Å². The Bertz CT molecular complexity index is 267. The SMILES string of the molecule is CCC(C)NC(=O)CCNC(=O)CCCNC(C)C. The number of hydrogen-bond acceptors (Lipinski definition) is 3. The van der Waals surface area contributed by atoms with Crippen molar-refractivity contribution in [2.45, 2.75) is 65.5 Å². The van der Waals surface area contributed by atoms with E-state index in [1.54, 1.807) is 0 Å². The first-order valence-corrected chi connectivity index (χ1v) is 7.25. The molecule has 0 aromatic heterocycles. The second-order valence-electron chi connectivity index (χ2n) is 5.19. The van der Waals surface area contributed by atoms with Crippen molar-refractivity contribution in [1.82, 2.24) is 16.0 Å². The van der Waals surface area contributed by atoms with Crippen LogP contribution in [0.4, 0.5) is 0 Å². The highest BCUT2D eigenvalue weighted by Gasteiger charge is 2.06. The Balaban J connectivity index is 3.50. The third kappa shape index (κ3) is 11.7. The summed E-state index contributed by atoms with van der Waals surface area (Å²) in [5.41, 5.74) is 0. The molecule has 5 nitrogen and oxygen atoms in total. The summed E-state index contributed by atoms with van der Waals surface area (Å²) in [5.74, 6) is 0.0121. The van der Waals surface area contributed by atoms with Gasteiger partial charge in [-0.2, -0.15) is 0 Å². The third-order valence-corrected chi connectivity index (χ3v) is 2.83. The maximum atomic E-state index is 11.5. The Hall–Kier alpha value is -1.10. The number of hydrogen-bond donors (Lipinski definition) is 3. The highest BCUT2D eigenvalue weighted by molar-refractivity contribution is 5.79. The quantitative estimate of drug-likeness (QED) is 0.523. The van der Waals surface area contributed by atoms with E-state index in [1.807, 2.05) is 13.8 Å². The van der Waals surface area contributed by atoms with Crippen molar-refractivity contribution in [3.8, 4) is 0 Å². The van der Waals surface area contributed by atoms with E-state index in [0.29, 0.717) is 25.4 Å². The van der Waals surface area contributed by atoms with E-state index in [9.17, 15) is 9.59 Å². The first-order valence-electron chi connectivity index (χ1n) is 7.25. The van der Waals surface area contributed by atoms with Crippen molar-refractivity contribution < 1.29 is 9.59 Å². The van der Waals surface area contributed by atoms with Gasteiger partial charge in [0.15, 0.2) is 0 Å².